The molecule has 30 heavy (non-hydrogen) atoms. The Bertz CT molecular complexity index is 1090. The lowest BCUT2D eigenvalue weighted by atomic mass is 10.1. The molecular formula is C22H24N3O4S-. The minimum atomic E-state index is -2.53. The molecule has 2 atom stereocenters. The Morgan fingerprint density at radius 3 is 2.33 bits per heavy atom. The van der Waals surface area contributed by atoms with E-state index in [0.29, 0.717) is 11.4 Å². The smallest absolute Gasteiger partial charge is 0.259 e. The SMILES string of the molecule is CC(CN(c1ccccc1NC(=O)c1cc2ccccc2cc1O)S(=O)[O-])N(C)C. The van der Waals surface area contributed by atoms with Crippen molar-refractivity contribution in [3.8, 4) is 5.75 Å². The Morgan fingerprint density at radius 1 is 1.10 bits per heavy atom. The fraction of sp³-hybridized carbons (Fsp3) is 0.227. The second-order valence-corrected chi connectivity index (χ2v) is 8.15. The zero-order chi connectivity index (χ0) is 21.8. The van der Waals surface area contributed by atoms with Crippen molar-refractivity contribution in [3.05, 3.63) is 66.2 Å². The first kappa shape index (κ1) is 21.8. The average Bonchev–Trinajstić information content (AvgIpc) is 2.71. The number of aromatic hydroxyl groups is 1. The maximum Gasteiger partial charge on any atom is 0.259 e. The lowest BCUT2D eigenvalue weighted by Gasteiger charge is -2.32. The van der Waals surface area contributed by atoms with Crippen LogP contribution in [0.5, 0.6) is 5.75 Å². The number of nitrogens with zero attached hydrogens (tertiary/aromatic N) is 2. The van der Waals surface area contributed by atoms with Crippen LogP contribution in [0.3, 0.4) is 0 Å². The van der Waals surface area contributed by atoms with Crippen molar-refractivity contribution in [2.75, 3.05) is 30.3 Å². The number of fused-ring (bicyclic) bond motifs is 1. The van der Waals surface area contributed by atoms with Crippen molar-refractivity contribution in [1.82, 2.24) is 4.90 Å². The molecule has 0 saturated heterocycles. The van der Waals surface area contributed by atoms with Crippen molar-refractivity contribution in [1.29, 1.82) is 0 Å². The van der Waals surface area contributed by atoms with Gasteiger partial charge in [0.15, 0.2) is 0 Å². The molecule has 3 aromatic carbocycles. The van der Waals surface area contributed by atoms with Crippen LogP contribution in [0.25, 0.3) is 10.8 Å². The Balaban J connectivity index is 1.93. The van der Waals surface area contributed by atoms with E-state index in [9.17, 15) is 18.7 Å². The molecule has 0 aliphatic rings. The first-order valence-corrected chi connectivity index (χ1v) is 10.5. The lowest BCUT2D eigenvalue weighted by molar-refractivity contribution is 0.102. The number of nitrogens with one attached hydrogen (secondary N) is 1. The van der Waals surface area contributed by atoms with Gasteiger partial charge in [-0.05, 0) is 56.1 Å². The van der Waals surface area contributed by atoms with Crippen LogP contribution in [-0.2, 0) is 11.3 Å². The zero-order valence-corrected chi connectivity index (χ0v) is 17.8. The maximum absolute atomic E-state index is 12.9. The summed E-state index contributed by atoms with van der Waals surface area (Å²) in [5, 5.41) is 14.7. The highest BCUT2D eigenvalue weighted by Crippen LogP contribution is 2.30. The third-order valence-corrected chi connectivity index (χ3v) is 5.73. The monoisotopic (exact) mass is 426 g/mol. The summed E-state index contributed by atoms with van der Waals surface area (Å²) in [6.45, 7) is 2.13. The summed E-state index contributed by atoms with van der Waals surface area (Å²) in [5.41, 5.74) is 0.804. The molecule has 158 valence electrons. The summed E-state index contributed by atoms with van der Waals surface area (Å²) < 4.78 is 25.1. The zero-order valence-electron chi connectivity index (χ0n) is 17.0. The van der Waals surface area contributed by atoms with Gasteiger partial charge in [-0.3, -0.25) is 13.3 Å². The minimum Gasteiger partial charge on any atom is -0.755 e. The Labute approximate surface area is 178 Å². The van der Waals surface area contributed by atoms with Gasteiger partial charge in [-0.15, -0.1) is 0 Å². The van der Waals surface area contributed by atoms with Crippen molar-refractivity contribution >= 4 is 39.3 Å². The van der Waals surface area contributed by atoms with E-state index in [2.05, 4.69) is 5.32 Å². The van der Waals surface area contributed by atoms with Gasteiger partial charge in [0.1, 0.15) is 5.75 Å². The Kier molecular flexibility index (Phi) is 6.71. The number of benzene rings is 3. The van der Waals surface area contributed by atoms with Crippen LogP contribution < -0.4 is 9.62 Å². The standard InChI is InChI=1S/C22H25N3O4S/c1-15(24(2)3)14-25(30(28)29)20-11-7-6-10-19(20)23-22(27)18-12-16-8-4-5-9-17(16)13-21(18)26/h4-13,15,26H,14H2,1-3H3,(H,23,27)(H,28,29)/p-1. The van der Waals surface area contributed by atoms with E-state index in [0.717, 1.165) is 10.8 Å². The van der Waals surface area contributed by atoms with E-state index in [1.807, 2.05) is 50.2 Å². The molecule has 0 aromatic heterocycles. The number of likely N-dealkylation sites (N-methyl/N-ethyl adjacent to an activating group) is 1. The molecule has 0 aliphatic heterocycles. The molecule has 0 bridgehead atoms. The van der Waals surface area contributed by atoms with Gasteiger partial charge in [0.25, 0.3) is 5.91 Å². The number of amides is 1. The molecule has 0 saturated carbocycles. The molecule has 0 fully saturated rings. The molecule has 3 aromatic rings. The summed E-state index contributed by atoms with van der Waals surface area (Å²) in [7, 11) is 3.74. The first-order chi connectivity index (χ1) is 14.3. The molecule has 2 unspecified atom stereocenters. The van der Waals surface area contributed by atoms with Gasteiger partial charge >= 0.3 is 0 Å². The normalized spacial score (nSPS) is 13.2. The highest BCUT2D eigenvalue weighted by Gasteiger charge is 2.19. The molecule has 7 nitrogen and oxygen atoms in total. The number of para-hydroxylation sites is 2. The highest BCUT2D eigenvalue weighted by molar-refractivity contribution is 7.80. The molecule has 3 rings (SSSR count). The number of hydrogen-bond acceptors (Lipinski definition) is 5. The highest BCUT2D eigenvalue weighted by atomic mass is 32.2. The first-order valence-electron chi connectivity index (χ1n) is 9.43. The van der Waals surface area contributed by atoms with Crippen molar-refractivity contribution in [2.45, 2.75) is 13.0 Å². The van der Waals surface area contributed by atoms with Gasteiger partial charge in [0, 0.05) is 23.9 Å². The third kappa shape index (κ3) is 4.79. The fourth-order valence-corrected chi connectivity index (χ4v) is 3.70. The van der Waals surface area contributed by atoms with Crippen molar-refractivity contribution in [2.24, 2.45) is 0 Å². The van der Waals surface area contributed by atoms with E-state index < -0.39 is 17.2 Å². The van der Waals surface area contributed by atoms with Crippen LogP contribution >= 0.6 is 0 Å². The molecular weight excluding hydrogens is 402 g/mol. The number of phenolic OH excluding ortho intramolecular Hbond substituents is 1. The van der Waals surface area contributed by atoms with Crippen molar-refractivity contribution in [3.63, 3.8) is 0 Å². The van der Waals surface area contributed by atoms with Crippen LogP contribution in [0.4, 0.5) is 11.4 Å². The molecule has 0 radical (unpaired) electrons. The predicted octanol–water partition coefficient (Wildman–Crippen LogP) is 3.35. The van der Waals surface area contributed by atoms with Crippen LogP contribution in [0, 0.1) is 0 Å². The van der Waals surface area contributed by atoms with Crippen LogP contribution in [0.15, 0.2) is 60.7 Å². The summed E-state index contributed by atoms with van der Waals surface area (Å²) >= 11 is -2.53. The Hall–Kier alpha value is -2.94. The summed E-state index contributed by atoms with van der Waals surface area (Å²) in [6, 6.07) is 17.2. The Morgan fingerprint density at radius 2 is 1.70 bits per heavy atom. The number of hydrogen-bond donors (Lipinski definition) is 2. The summed E-state index contributed by atoms with van der Waals surface area (Å²) in [4.78, 5) is 14.8. The average molecular weight is 427 g/mol. The predicted molar refractivity (Wildman–Crippen MR) is 119 cm³/mol. The number of carbonyl (C=O) groups excluding carboxylic acids is 1. The van der Waals surface area contributed by atoms with E-state index in [4.69, 9.17) is 0 Å². The van der Waals surface area contributed by atoms with Crippen LogP contribution in [-0.4, -0.2) is 51.4 Å². The number of carbonyl (C=O) groups is 1. The van der Waals surface area contributed by atoms with Gasteiger partial charge in [0.05, 0.1) is 16.9 Å². The summed E-state index contributed by atoms with van der Waals surface area (Å²) in [6.07, 6.45) is 0. The molecule has 0 heterocycles. The minimum absolute atomic E-state index is 0.0452. The molecule has 1 amide bonds. The fourth-order valence-electron chi connectivity index (χ4n) is 3.04. The van der Waals surface area contributed by atoms with Gasteiger partial charge < -0.3 is 19.9 Å². The molecule has 0 spiro atoms. The quantitative estimate of drug-likeness (QED) is 0.565. The van der Waals surface area contributed by atoms with Gasteiger partial charge in [0.2, 0.25) is 0 Å². The number of phenols is 1. The third-order valence-electron chi connectivity index (χ3n) is 5.02. The van der Waals surface area contributed by atoms with E-state index in [1.165, 1.54) is 10.4 Å². The van der Waals surface area contributed by atoms with E-state index >= 15 is 0 Å². The molecule has 0 aliphatic carbocycles. The second-order valence-electron chi connectivity index (χ2n) is 7.28. The van der Waals surface area contributed by atoms with E-state index in [-0.39, 0.29) is 23.9 Å². The largest absolute Gasteiger partial charge is 0.755 e. The van der Waals surface area contributed by atoms with Gasteiger partial charge in [-0.1, -0.05) is 36.4 Å². The van der Waals surface area contributed by atoms with E-state index in [1.54, 1.807) is 30.3 Å². The second kappa shape index (κ2) is 9.25. The molecule has 8 heteroatoms. The topological polar surface area (TPSA) is 95.9 Å². The van der Waals surface area contributed by atoms with Crippen LogP contribution in [0.2, 0.25) is 0 Å². The van der Waals surface area contributed by atoms with Crippen molar-refractivity contribution < 1.29 is 18.7 Å². The van der Waals surface area contributed by atoms with Gasteiger partial charge in [-0.25, -0.2) is 0 Å². The number of anilines is 2. The summed E-state index contributed by atoms with van der Waals surface area (Å²) in [5.74, 6) is -0.669. The van der Waals surface area contributed by atoms with Gasteiger partial charge in [-0.2, -0.15) is 0 Å². The number of rotatable bonds is 7. The maximum atomic E-state index is 12.9. The lowest BCUT2D eigenvalue weighted by Crippen LogP contribution is -2.39. The molecule has 2 N–H and O–H groups in total. The van der Waals surface area contributed by atoms with Crippen LogP contribution in [0.1, 0.15) is 17.3 Å².